The highest BCUT2D eigenvalue weighted by atomic mass is 16.3. The number of nitrogen functional groups attached to an aromatic ring is 3. The van der Waals surface area contributed by atoms with Crippen molar-refractivity contribution in [2.45, 2.75) is 0 Å². The fourth-order valence-electron chi connectivity index (χ4n) is 1.58. The molecule has 0 fully saturated rings. The Kier molecular flexibility index (Phi) is 7.81. The molecule has 3 aromatic rings. The number of nitrogens with two attached hydrogens (primary N) is 4. The summed E-state index contributed by atoms with van der Waals surface area (Å²) in [5, 5.41) is 8.73. The van der Waals surface area contributed by atoms with E-state index in [2.05, 4.69) is 4.98 Å². The Morgan fingerprint density at radius 3 is 1.68 bits per heavy atom. The lowest BCUT2D eigenvalue weighted by Gasteiger charge is -1.94. The summed E-state index contributed by atoms with van der Waals surface area (Å²) in [6, 6.07) is 16.6. The van der Waals surface area contributed by atoms with Crippen LogP contribution in [0.1, 0.15) is 10.4 Å². The molecule has 0 aliphatic rings. The molecule has 0 unspecified atom stereocenters. The predicted molar refractivity (Wildman–Crippen MR) is 101 cm³/mol. The first-order valence-corrected chi connectivity index (χ1v) is 7.24. The second-order valence-electron chi connectivity index (χ2n) is 4.87. The van der Waals surface area contributed by atoms with Crippen LogP contribution < -0.4 is 22.9 Å². The number of hydrogen-bond donors (Lipinski definition) is 5. The number of benzene rings is 2. The van der Waals surface area contributed by atoms with Gasteiger partial charge in [-0.2, -0.15) is 0 Å². The lowest BCUT2D eigenvalue weighted by molar-refractivity contribution is 0.100. The van der Waals surface area contributed by atoms with Crippen molar-refractivity contribution in [3.05, 3.63) is 78.6 Å². The zero-order valence-electron chi connectivity index (χ0n) is 13.5. The molecule has 7 heteroatoms. The molecule has 0 saturated carbocycles. The van der Waals surface area contributed by atoms with Gasteiger partial charge >= 0.3 is 0 Å². The number of aromatic nitrogens is 1. The van der Waals surface area contributed by atoms with Gasteiger partial charge in [0.25, 0.3) is 0 Å². The van der Waals surface area contributed by atoms with Crippen LogP contribution in [-0.4, -0.2) is 16.0 Å². The number of phenolic OH excluding ortho intramolecular Hbond substituents is 1. The van der Waals surface area contributed by atoms with E-state index in [1.165, 1.54) is 6.07 Å². The average Bonchev–Trinajstić information content (AvgIpc) is 2.56. The number of anilines is 3. The minimum absolute atomic E-state index is 0.213. The molecule has 9 N–H and O–H groups in total. The van der Waals surface area contributed by atoms with E-state index in [4.69, 9.17) is 28.0 Å². The first kappa shape index (κ1) is 19.3. The van der Waals surface area contributed by atoms with Gasteiger partial charge in [-0.15, -0.1) is 0 Å². The van der Waals surface area contributed by atoms with Crippen LogP contribution in [0.3, 0.4) is 0 Å². The van der Waals surface area contributed by atoms with Crippen molar-refractivity contribution >= 4 is 23.0 Å². The van der Waals surface area contributed by atoms with Crippen molar-refractivity contribution < 1.29 is 9.90 Å². The molecular weight excluding hydrogens is 318 g/mol. The predicted octanol–water partition coefficient (Wildman–Crippen LogP) is 2.01. The van der Waals surface area contributed by atoms with Gasteiger partial charge in [0.2, 0.25) is 5.91 Å². The molecule has 130 valence electrons. The zero-order chi connectivity index (χ0) is 18.7. The molecular formula is C18H21N5O2. The number of primary amides is 1. The normalized spacial score (nSPS) is 8.96. The standard InChI is InChI=1S/C7H8N2O.C6H7NO.C5H6N2/c8-6-3-1-2-5(4-6)7(9)10;7-5-2-1-3-6(8)4-5;6-5-1-3-7-4-2-5/h1-4H,8H2,(H2,9,10);1-4,8H,7H2;1-4H,(H2,6,7). The van der Waals surface area contributed by atoms with Crippen LogP contribution in [0.2, 0.25) is 0 Å². The first-order valence-electron chi connectivity index (χ1n) is 7.24. The van der Waals surface area contributed by atoms with Gasteiger partial charge < -0.3 is 28.0 Å². The molecule has 0 spiro atoms. The summed E-state index contributed by atoms with van der Waals surface area (Å²) in [5.41, 5.74) is 23.3. The molecule has 0 aliphatic carbocycles. The summed E-state index contributed by atoms with van der Waals surface area (Å²) in [5.74, 6) is -0.239. The summed E-state index contributed by atoms with van der Waals surface area (Å²) in [6.45, 7) is 0. The number of carbonyl (C=O) groups is 1. The first-order chi connectivity index (χ1) is 11.9. The van der Waals surface area contributed by atoms with E-state index in [-0.39, 0.29) is 5.75 Å². The van der Waals surface area contributed by atoms with E-state index in [0.29, 0.717) is 16.9 Å². The van der Waals surface area contributed by atoms with Gasteiger partial charge in [0.05, 0.1) is 0 Å². The third kappa shape index (κ3) is 8.46. The average molecular weight is 339 g/mol. The summed E-state index contributed by atoms with van der Waals surface area (Å²) in [4.78, 5) is 14.3. The molecule has 1 heterocycles. The highest BCUT2D eigenvalue weighted by molar-refractivity contribution is 5.93. The molecule has 0 aliphatic heterocycles. The molecule has 0 atom stereocenters. The van der Waals surface area contributed by atoms with Crippen molar-refractivity contribution in [2.24, 2.45) is 5.73 Å². The van der Waals surface area contributed by atoms with Gasteiger partial charge in [-0.25, -0.2) is 0 Å². The maximum Gasteiger partial charge on any atom is 0.248 e. The van der Waals surface area contributed by atoms with E-state index < -0.39 is 5.91 Å². The number of rotatable bonds is 1. The SMILES string of the molecule is NC(=O)c1cccc(N)c1.Nc1cccc(O)c1.Nc1ccncc1. The molecule has 1 amide bonds. The van der Waals surface area contributed by atoms with Crippen molar-refractivity contribution in [3.8, 4) is 5.75 Å². The third-order valence-electron chi connectivity index (χ3n) is 2.75. The van der Waals surface area contributed by atoms with E-state index in [9.17, 15) is 4.79 Å². The Morgan fingerprint density at radius 2 is 1.36 bits per heavy atom. The number of aromatic hydroxyl groups is 1. The van der Waals surface area contributed by atoms with Gasteiger partial charge in [-0.3, -0.25) is 9.78 Å². The Hall–Kier alpha value is -3.74. The monoisotopic (exact) mass is 339 g/mol. The number of amides is 1. The number of phenols is 1. The fraction of sp³-hybridized carbons (Fsp3) is 0. The lowest BCUT2D eigenvalue weighted by Crippen LogP contribution is -2.10. The molecule has 3 rings (SSSR count). The van der Waals surface area contributed by atoms with E-state index >= 15 is 0 Å². The molecule has 1 aromatic heterocycles. The van der Waals surface area contributed by atoms with Crippen LogP contribution >= 0.6 is 0 Å². The van der Waals surface area contributed by atoms with Crippen molar-refractivity contribution in [1.82, 2.24) is 4.98 Å². The van der Waals surface area contributed by atoms with Gasteiger partial charge in [0.15, 0.2) is 0 Å². The van der Waals surface area contributed by atoms with Crippen LogP contribution in [0.5, 0.6) is 5.75 Å². The summed E-state index contributed by atoms with van der Waals surface area (Å²) in [6.07, 6.45) is 3.32. The third-order valence-corrected chi connectivity index (χ3v) is 2.75. The van der Waals surface area contributed by atoms with Crippen molar-refractivity contribution in [2.75, 3.05) is 17.2 Å². The summed E-state index contributed by atoms with van der Waals surface area (Å²) < 4.78 is 0. The smallest absolute Gasteiger partial charge is 0.248 e. The molecule has 0 bridgehead atoms. The highest BCUT2D eigenvalue weighted by Gasteiger charge is 1.97. The van der Waals surface area contributed by atoms with E-state index in [0.717, 1.165) is 5.69 Å². The minimum Gasteiger partial charge on any atom is -0.508 e. The Labute approximate surface area is 145 Å². The summed E-state index contributed by atoms with van der Waals surface area (Å²) in [7, 11) is 0. The number of hydrogen-bond acceptors (Lipinski definition) is 6. The highest BCUT2D eigenvalue weighted by Crippen LogP contribution is 2.10. The largest absolute Gasteiger partial charge is 0.508 e. The molecule has 0 radical (unpaired) electrons. The molecule has 25 heavy (non-hydrogen) atoms. The van der Waals surface area contributed by atoms with Crippen molar-refractivity contribution in [1.29, 1.82) is 0 Å². The zero-order valence-corrected chi connectivity index (χ0v) is 13.5. The lowest BCUT2D eigenvalue weighted by atomic mass is 10.2. The second kappa shape index (κ2) is 10.1. The minimum atomic E-state index is -0.452. The number of carbonyl (C=O) groups excluding carboxylic acids is 1. The quantitative estimate of drug-likeness (QED) is 0.427. The van der Waals surface area contributed by atoms with Crippen LogP contribution in [0, 0.1) is 0 Å². The van der Waals surface area contributed by atoms with Crippen LogP contribution in [0.25, 0.3) is 0 Å². The number of nitrogens with zero attached hydrogens (tertiary/aromatic N) is 1. The van der Waals surface area contributed by atoms with Crippen LogP contribution in [-0.2, 0) is 0 Å². The molecule has 7 nitrogen and oxygen atoms in total. The second-order valence-corrected chi connectivity index (χ2v) is 4.87. The maximum atomic E-state index is 10.5. The van der Waals surface area contributed by atoms with Crippen LogP contribution in [0.15, 0.2) is 73.1 Å². The van der Waals surface area contributed by atoms with Gasteiger partial charge in [0, 0.05) is 41.1 Å². The van der Waals surface area contributed by atoms with Gasteiger partial charge in [-0.1, -0.05) is 12.1 Å². The fourth-order valence-corrected chi connectivity index (χ4v) is 1.58. The van der Waals surface area contributed by atoms with E-state index in [1.807, 2.05) is 0 Å². The number of pyridine rings is 1. The Bertz CT molecular complexity index is 777. The van der Waals surface area contributed by atoms with Crippen LogP contribution in [0.4, 0.5) is 17.1 Å². The van der Waals surface area contributed by atoms with Gasteiger partial charge in [0.1, 0.15) is 5.75 Å². The van der Waals surface area contributed by atoms with Crippen molar-refractivity contribution in [3.63, 3.8) is 0 Å². The molecule has 0 saturated heterocycles. The van der Waals surface area contributed by atoms with Gasteiger partial charge in [-0.05, 0) is 42.5 Å². The summed E-state index contributed by atoms with van der Waals surface area (Å²) >= 11 is 0. The topological polar surface area (TPSA) is 154 Å². The maximum absolute atomic E-state index is 10.5. The van der Waals surface area contributed by atoms with E-state index in [1.54, 1.807) is 67.0 Å². The Morgan fingerprint density at radius 1 is 0.800 bits per heavy atom. The molecule has 2 aromatic carbocycles. The Balaban J connectivity index is 0.000000191.